The number of aliphatic hydroxyl groups is 1. The van der Waals surface area contributed by atoms with Crippen molar-refractivity contribution in [1.29, 1.82) is 0 Å². The van der Waals surface area contributed by atoms with Gasteiger partial charge in [-0.2, -0.15) is 0 Å². The van der Waals surface area contributed by atoms with E-state index in [1.54, 1.807) is 0 Å². The predicted molar refractivity (Wildman–Crippen MR) is 79.7 cm³/mol. The van der Waals surface area contributed by atoms with Crippen molar-refractivity contribution in [2.24, 2.45) is 0 Å². The maximum absolute atomic E-state index is 9.03. The molecule has 0 bridgehead atoms. The Morgan fingerprint density at radius 2 is 1.89 bits per heavy atom. The van der Waals surface area contributed by atoms with Crippen LogP contribution < -0.4 is 10.1 Å². The molecule has 2 N–H and O–H groups in total. The molecular formula is C16H27NO2. The number of hydrogen-bond donors (Lipinski definition) is 2. The quantitative estimate of drug-likeness (QED) is 0.683. The van der Waals surface area contributed by atoms with E-state index in [1.807, 2.05) is 12.1 Å². The fourth-order valence-electron chi connectivity index (χ4n) is 1.99. The molecule has 0 aliphatic carbocycles. The summed E-state index contributed by atoms with van der Waals surface area (Å²) in [7, 11) is 0. The molecule has 19 heavy (non-hydrogen) atoms. The summed E-state index contributed by atoms with van der Waals surface area (Å²) in [5.41, 5.74) is 1.35. The van der Waals surface area contributed by atoms with Gasteiger partial charge >= 0.3 is 0 Å². The minimum atomic E-state index is 0.195. The van der Waals surface area contributed by atoms with Crippen molar-refractivity contribution in [2.45, 2.75) is 45.6 Å². The van der Waals surface area contributed by atoms with Crippen LogP contribution in [0.1, 0.15) is 38.7 Å². The Morgan fingerprint density at radius 1 is 1.16 bits per heavy atom. The largest absolute Gasteiger partial charge is 0.492 e. The van der Waals surface area contributed by atoms with Crippen molar-refractivity contribution in [3.8, 4) is 5.75 Å². The molecule has 3 nitrogen and oxygen atoms in total. The molecule has 0 saturated heterocycles. The molecule has 0 amide bonds. The van der Waals surface area contributed by atoms with E-state index >= 15 is 0 Å². The van der Waals surface area contributed by atoms with Crippen LogP contribution in [0.2, 0.25) is 0 Å². The average Bonchev–Trinajstić information content (AvgIpc) is 2.44. The third kappa shape index (κ3) is 6.60. The molecule has 108 valence electrons. The summed E-state index contributed by atoms with van der Waals surface area (Å²) in [5, 5.41) is 12.4. The molecule has 0 spiro atoms. The zero-order valence-electron chi connectivity index (χ0n) is 12.2. The fourth-order valence-corrected chi connectivity index (χ4v) is 1.99. The van der Waals surface area contributed by atoms with Gasteiger partial charge in [-0.1, -0.05) is 32.4 Å². The number of hydrogen-bond acceptors (Lipinski definition) is 3. The van der Waals surface area contributed by atoms with Crippen LogP contribution in [0.5, 0.6) is 5.75 Å². The molecule has 1 aromatic rings. The van der Waals surface area contributed by atoms with Gasteiger partial charge in [-0.25, -0.2) is 0 Å². The van der Waals surface area contributed by atoms with Crippen LogP contribution in [0, 0.1) is 0 Å². The van der Waals surface area contributed by atoms with Gasteiger partial charge in [0.25, 0.3) is 0 Å². The van der Waals surface area contributed by atoms with Gasteiger partial charge in [0, 0.05) is 12.6 Å². The summed E-state index contributed by atoms with van der Waals surface area (Å²) in [5.74, 6) is 0.904. The van der Waals surface area contributed by atoms with Crippen LogP contribution in [-0.2, 0) is 6.42 Å². The first-order chi connectivity index (χ1) is 9.30. The number of aryl methyl sites for hydroxylation is 1. The molecular weight excluding hydrogens is 238 g/mol. The molecule has 1 aromatic carbocycles. The molecule has 0 radical (unpaired) electrons. The van der Waals surface area contributed by atoms with E-state index in [0.29, 0.717) is 6.61 Å². The third-order valence-corrected chi connectivity index (χ3v) is 3.07. The van der Waals surface area contributed by atoms with Gasteiger partial charge < -0.3 is 15.2 Å². The topological polar surface area (TPSA) is 41.5 Å². The summed E-state index contributed by atoms with van der Waals surface area (Å²) >= 11 is 0. The summed E-state index contributed by atoms with van der Waals surface area (Å²) in [6.07, 6.45) is 4.10. The maximum atomic E-state index is 9.03. The molecule has 0 aliphatic rings. The van der Waals surface area contributed by atoms with E-state index in [9.17, 15) is 0 Å². The zero-order chi connectivity index (χ0) is 13.9. The van der Waals surface area contributed by atoms with Crippen LogP contribution in [0.4, 0.5) is 0 Å². The van der Waals surface area contributed by atoms with Crippen molar-refractivity contribution < 1.29 is 9.84 Å². The van der Waals surface area contributed by atoms with Crippen LogP contribution in [0.3, 0.4) is 0 Å². The normalized spacial score (nSPS) is 12.4. The first kappa shape index (κ1) is 16.0. The van der Waals surface area contributed by atoms with Crippen molar-refractivity contribution >= 4 is 0 Å². The Morgan fingerprint density at radius 3 is 2.47 bits per heavy atom. The first-order valence-electron chi connectivity index (χ1n) is 7.36. The molecule has 0 fully saturated rings. The SMILES string of the molecule is CCCNC(CCO)COc1ccc(CCC)cc1. The summed E-state index contributed by atoms with van der Waals surface area (Å²) < 4.78 is 5.78. The lowest BCUT2D eigenvalue weighted by Crippen LogP contribution is -2.36. The Bertz CT molecular complexity index is 324. The second-order valence-corrected chi connectivity index (χ2v) is 4.87. The molecule has 0 aliphatic heterocycles. The van der Waals surface area contributed by atoms with Crippen molar-refractivity contribution in [2.75, 3.05) is 19.8 Å². The summed E-state index contributed by atoms with van der Waals surface area (Å²) in [6, 6.07) is 8.53. The first-order valence-corrected chi connectivity index (χ1v) is 7.36. The Hall–Kier alpha value is -1.06. The second kappa shape index (κ2) is 9.82. The van der Waals surface area contributed by atoms with Gasteiger partial charge in [-0.15, -0.1) is 0 Å². The summed E-state index contributed by atoms with van der Waals surface area (Å²) in [6.45, 7) is 6.08. The van der Waals surface area contributed by atoms with Gasteiger partial charge in [-0.3, -0.25) is 0 Å². The van der Waals surface area contributed by atoms with E-state index in [0.717, 1.165) is 31.6 Å². The third-order valence-electron chi connectivity index (χ3n) is 3.07. The van der Waals surface area contributed by atoms with Gasteiger partial charge in [0.15, 0.2) is 0 Å². The second-order valence-electron chi connectivity index (χ2n) is 4.87. The summed E-state index contributed by atoms with van der Waals surface area (Å²) in [4.78, 5) is 0. The average molecular weight is 265 g/mol. The van der Waals surface area contributed by atoms with E-state index in [4.69, 9.17) is 9.84 Å². The number of aliphatic hydroxyl groups excluding tert-OH is 1. The minimum absolute atomic E-state index is 0.195. The highest BCUT2D eigenvalue weighted by atomic mass is 16.5. The van der Waals surface area contributed by atoms with Crippen molar-refractivity contribution in [3.05, 3.63) is 29.8 Å². The van der Waals surface area contributed by atoms with Crippen LogP contribution >= 0.6 is 0 Å². The van der Waals surface area contributed by atoms with Gasteiger partial charge in [0.2, 0.25) is 0 Å². The lowest BCUT2D eigenvalue weighted by Gasteiger charge is -2.18. The molecule has 0 heterocycles. The molecule has 1 rings (SSSR count). The number of ether oxygens (including phenoxy) is 1. The number of nitrogens with one attached hydrogen (secondary N) is 1. The van der Waals surface area contributed by atoms with Crippen molar-refractivity contribution in [3.63, 3.8) is 0 Å². The van der Waals surface area contributed by atoms with Gasteiger partial charge in [0.1, 0.15) is 12.4 Å². The minimum Gasteiger partial charge on any atom is -0.492 e. The van der Waals surface area contributed by atoms with E-state index in [1.165, 1.54) is 12.0 Å². The molecule has 0 saturated carbocycles. The fraction of sp³-hybridized carbons (Fsp3) is 0.625. The Labute approximate surface area is 117 Å². The van der Waals surface area contributed by atoms with E-state index in [-0.39, 0.29) is 12.6 Å². The van der Waals surface area contributed by atoms with Crippen LogP contribution in [0.15, 0.2) is 24.3 Å². The zero-order valence-corrected chi connectivity index (χ0v) is 12.2. The number of rotatable bonds is 10. The molecule has 1 unspecified atom stereocenters. The highest BCUT2D eigenvalue weighted by Gasteiger charge is 2.07. The molecule has 1 atom stereocenters. The maximum Gasteiger partial charge on any atom is 0.119 e. The molecule has 0 aromatic heterocycles. The van der Waals surface area contributed by atoms with Gasteiger partial charge in [0.05, 0.1) is 0 Å². The van der Waals surface area contributed by atoms with Crippen LogP contribution in [-0.4, -0.2) is 30.9 Å². The standard InChI is InChI=1S/C16H27NO2/c1-3-5-14-6-8-16(9-7-14)19-13-15(10-12-18)17-11-4-2/h6-9,15,17-18H,3-5,10-13H2,1-2H3. The van der Waals surface area contributed by atoms with E-state index in [2.05, 4.69) is 31.3 Å². The Kier molecular flexibility index (Phi) is 8.26. The van der Waals surface area contributed by atoms with Gasteiger partial charge in [-0.05, 0) is 43.5 Å². The smallest absolute Gasteiger partial charge is 0.119 e. The molecule has 3 heteroatoms. The van der Waals surface area contributed by atoms with E-state index < -0.39 is 0 Å². The highest BCUT2D eigenvalue weighted by Crippen LogP contribution is 2.13. The Balaban J connectivity index is 2.39. The lowest BCUT2D eigenvalue weighted by atomic mass is 10.1. The monoisotopic (exact) mass is 265 g/mol. The highest BCUT2D eigenvalue weighted by molar-refractivity contribution is 5.27. The van der Waals surface area contributed by atoms with Crippen molar-refractivity contribution in [1.82, 2.24) is 5.32 Å². The number of benzene rings is 1. The lowest BCUT2D eigenvalue weighted by molar-refractivity contribution is 0.214. The predicted octanol–water partition coefficient (Wildman–Crippen LogP) is 2.77. The van der Waals surface area contributed by atoms with Crippen LogP contribution in [0.25, 0.3) is 0 Å².